The van der Waals surface area contributed by atoms with Gasteiger partial charge < -0.3 is 14.4 Å². The fourth-order valence-corrected chi connectivity index (χ4v) is 5.39. The molecular formula is C23H23ClN2O4S2. The van der Waals surface area contributed by atoms with Crippen molar-refractivity contribution in [3.05, 3.63) is 53.6 Å². The van der Waals surface area contributed by atoms with E-state index in [9.17, 15) is 9.59 Å². The molecule has 2 heterocycles. The first kappa shape index (κ1) is 23.0. The van der Waals surface area contributed by atoms with Crippen LogP contribution < -0.4 is 9.64 Å². The Bertz CT molecular complexity index is 1010. The molecular weight excluding hydrogens is 468 g/mol. The SMILES string of the molecule is C[C@@H]1CN(C(=S)S[C@@H]2CC(=O)N(c3ccc(Oc4ccc(Cl)cc4)cc3)C2=O)C[C@@H](C)O1. The van der Waals surface area contributed by atoms with Gasteiger partial charge in [0.25, 0.3) is 0 Å². The monoisotopic (exact) mass is 490 g/mol. The highest BCUT2D eigenvalue weighted by Crippen LogP contribution is 2.33. The number of hydrogen-bond acceptors (Lipinski definition) is 6. The van der Waals surface area contributed by atoms with Crippen LogP contribution in [-0.2, 0) is 14.3 Å². The summed E-state index contributed by atoms with van der Waals surface area (Å²) in [6, 6.07) is 13.9. The Labute approximate surface area is 201 Å². The summed E-state index contributed by atoms with van der Waals surface area (Å²) in [5.41, 5.74) is 0.520. The van der Waals surface area contributed by atoms with Crippen LogP contribution in [0.1, 0.15) is 20.3 Å². The fraction of sp³-hybridized carbons (Fsp3) is 0.348. The molecule has 3 atom stereocenters. The van der Waals surface area contributed by atoms with Crippen LogP contribution in [0, 0.1) is 0 Å². The third-order valence-corrected chi connectivity index (χ3v) is 7.08. The van der Waals surface area contributed by atoms with Gasteiger partial charge in [0.2, 0.25) is 11.8 Å². The number of nitrogens with zero attached hydrogens (tertiary/aromatic N) is 2. The molecule has 2 aliphatic heterocycles. The van der Waals surface area contributed by atoms with Gasteiger partial charge in [0, 0.05) is 24.5 Å². The molecule has 0 bridgehead atoms. The number of amides is 2. The molecule has 2 fully saturated rings. The Kier molecular flexibility index (Phi) is 7.05. The first-order valence-electron chi connectivity index (χ1n) is 10.3. The first-order chi connectivity index (χ1) is 15.3. The van der Waals surface area contributed by atoms with Crippen molar-refractivity contribution in [2.45, 2.75) is 37.7 Å². The molecule has 0 aromatic heterocycles. The zero-order chi connectivity index (χ0) is 22.8. The molecule has 0 aliphatic carbocycles. The van der Waals surface area contributed by atoms with Gasteiger partial charge in [-0.15, -0.1) is 0 Å². The number of thiocarbonyl (C=S) groups is 1. The van der Waals surface area contributed by atoms with Crippen LogP contribution in [0.15, 0.2) is 48.5 Å². The highest BCUT2D eigenvalue weighted by atomic mass is 35.5. The summed E-state index contributed by atoms with van der Waals surface area (Å²) < 4.78 is 12.2. The van der Waals surface area contributed by atoms with Crippen molar-refractivity contribution in [3.8, 4) is 11.5 Å². The third kappa shape index (κ3) is 5.26. The third-order valence-electron chi connectivity index (χ3n) is 5.17. The summed E-state index contributed by atoms with van der Waals surface area (Å²) in [6.07, 6.45) is 0.272. The zero-order valence-corrected chi connectivity index (χ0v) is 20.1. The van der Waals surface area contributed by atoms with E-state index in [2.05, 4.69) is 4.90 Å². The first-order valence-corrected chi connectivity index (χ1v) is 12.0. The predicted octanol–water partition coefficient (Wildman–Crippen LogP) is 4.89. The van der Waals surface area contributed by atoms with Crippen LogP contribution in [0.5, 0.6) is 11.5 Å². The minimum absolute atomic E-state index is 0.0725. The molecule has 9 heteroatoms. The zero-order valence-electron chi connectivity index (χ0n) is 17.7. The van der Waals surface area contributed by atoms with E-state index in [0.29, 0.717) is 39.6 Å². The van der Waals surface area contributed by atoms with E-state index in [1.54, 1.807) is 48.5 Å². The molecule has 168 valence electrons. The minimum Gasteiger partial charge on any atom is -0.457 e. The number of morpholine rings is 1. The summed E-state index contributed by atoms with van der Waals surface area (Å²) in [5.74, 6) is 0.762. The Hall–Kier alpha value is -2.13. The van der Waals surface area contributed by atoms with E-state index in [1.165, 1.54) is 16.7 Å². The van der Waals surface area contributed by atoms with Gasteiger partial charge in [-0.05, 0) is 62.4 Å². The summed E-state index contributed by atoms with van der Waals surface area (Å²) in [4.78, 5) is 28.9. The van der Waals surface area contributed by atoms with E-state index >= 15 is 0 Å². The number of anilines is 1. The lowest BCUT2D eigenvalue weighted by atomic mass is 10.2. The molecule has 2 saturated heterocycles. The van der Waals surface area contributed by atoms with Crippen molar-refractivity contribution in [3.63, 3.8) is 0 Å². The molecule has 0 radical (unpaired) electrons. The summed E-state index contributed by atoms with van der Waals surface area (Å²) in [6.45, 7) is 5.37. The molecule has 32 heavy (non-hydrogen) atoms. The highest BCUT2D eigenvalue weighted by molar-refractivity contribution is 8.23. The number of carbonyl (C=O) groups is 2. The number of ether oxygens (including phenoxy) is 2. The Morgan fingerprint density at radius 2 is 1.59 bits per heavy atom. The van der Waals surface area contributed by atoms with E-state index in [4.69, 9.17) is 33.3 Å². The summed E-state index contributed by atoms with van der Waals surface area (Å²) >= 11 is 12.8. The van der Waals surface area contributed by atoms with Crippen molar-refractivity contribution in [2.24, 2.45) is 0 Å². The molecule has 2 aromatic rings. The molecule has 0 saturated carbocycles. The lowest BCUT2D eigenvalue weighted by Crippen LogP contribution is -2.47. The maximum Gasteiger partial charge on any atom is 0.247 e. The Morgan fingerprint density at radius 3 is 2.19 bits per heavy atom. The molecule has 0 N–H and O–H groups in total. The number of thioether (sulfide) groups is 1. The van der Waals surface area contributed by atoms with Crippen LogP contribution in [0.25, 0.3) is 0 Å². The maximum absolute atomic E-state index is 13.0. The average Bonchev–Trinajstić information content (AvgIpc) is 3.02. The smallest absolute Gasteiger partial charge is 0.247 e. The molecule has 2 amide bonds. The quantitative estimate of drug-likeness (QED) is 0.446. The van der Waals surface area contributed by atoms with E-state index < -0.39 is 5.25 Å². The Balaban J connectivity index is 1.40. The van der Waals surface area contributed by atoms with Crippen molar-refractivity contribution in [1.29, 1.82) is 0 Å². The molecule has 6 nitrogen and oxygen atoms in total. The van der Waals surface area contributed by atoms with E-state index in [0.717, 1.165) is 0 Å². The normalized spacial score (nSPS) is 23.5. The van der Waals surface area contributed by atoms with Crippen molar-refractivity contribution < 1.29 is 19.1 Å². The van der Waals surface area contributed by atoms with Crippen molar-refractivity contribution >= 4 is 57.4 Å². The van der Waals surface area contributed by atoms with Crippen LogP contribution >= 0.6 is 35.6 Å². The van der Waals surface area contributed by atoms with Gasteiger partial charge in [-0.2, -0.15) is 0 Å². The standard InChI is InChI=1S/C23H23ClN2O4S2/c1-14-12-25(13-15(2)29-14)23(31)32-20-11-21(27)26(22(20)28)17-5-9-19(10-6-17)30-18-7-3-16(24)4-8-18/h3-10,14-15,20H,11-13H2,1-2H3/t14-,15-,20-/m1/s1. The van der Waals surface area contributed by atoms with Gasteiger partial charge in [0.15, 0.2) is 0 Å². The molecule has 2 aliphatic rings. The number of imide groups is 1. The number of hydrogen-bond donors (Lipinski definition) is 0. The predicted molar refractivity (Wildman–Crippen MR) is 131 cm³/mol. The lowest BCUT2D eigenvalue weighted by molar-refractivity contribution is -0.121. The minimum atomic E-state index is -0.520. The van der Waals surface area contributed by atoms with Crippen molar-refractivity contribution in [1.82, 2.24) is 4.90 Å². The van der Waals surface area contributed by atoms with Crippen molar-refractivity contribution in [2.75, 3.05) is 18.0 Å². The number of benzene rings is 2. The van der Waals surface area contributed by atoms with Gasteiger partial charge in [-0.1, -0.05) is 35.6 Å². The van der Waals surface area contributed by atoms with Crippen LogP contribution in [0.2, 0.25) is 5.02 Å². The topological polar surface area (TPSA) is 59.1 Å². The van der Waals surface area contributed by atoms with Gasteiger partial charge >= 0.3 is 0 Å². The van der Waals surface area contributed by atoms with Gasteiger partial charge in [0.05, 0.1) is 17.9 Å². The van der Waals surface area contributed by atoms with Crippen LogP contribution in [-0.4, -0.2) is 51.6 Å². The van der Waals surface area contributed by atoms with E-state index in [1.807, 2.05) is 13.8 Å². The number of carbonyl (C=O) groups excluding carboxylic acids is 2. The molecule has 0 spiro atoms. The number of rotatable bonds is 4. The summed E-state index contributed by atoms with van der Waals surface area (Å²) in [5, 5.41) is 0.108. The summed E-state index contributed by atoms with van der Waals surface area (Å²) in [7, 11) is 0. The molecule has 2 aromatic carbocycles. The van der Waals surface area contributed by atoms with Gasteiger partial charge in [-0.25, -0.2) is 4.90 Å². The van der Waals surface area contributed by atoms with Crippen LogP contribution in [0.3, 0.4) is 0 Å². The van der Waals surface area contributed by atoms with Gasteiger partial charge in [0.1, 0.15) is 21.1 Å². The largest absolute Gasteiger partial charge is 0.457 e. The molecule has 0 unspecified atom stereocenters. The maximum atomic E-state index is 13.0. The Morgan fingerprint density at radius 1 is 1.03 bits per heavy atom. The number of halogens is 1. The average molecular weight is 491 g/mol. The fourth-order valence-electron chi connectivity index (χ4n) is 3.79. The van der Waals surface area contributed by atoms with Crippen LogP contribution in [0.4, 0.5) is 5.69 Å². The lowest BCUT2D eigenvalue weighted by Gasteiger charge is -2.36. The second-order valence-electron chi connectivity index (χ2n) is 7.86. The molecule has 4 rings (SSSR count). The second-order valence-corrected chi connectivity index (χ2v) is 10.1. The highest BCUT2D eigenvalue weighted by Gasteiger charge is 2.41. The van der Waals surface area contributed by atoms with E-state index in [-0.39, 0.29) is 30.4 Å². The van der Waals surface area contributed by atoms with Gasteiger partial charge in [-0.3, -0.25) is 9.59 Å². The second kappa shape index (κ2) is 9.79.